The van der Waals surface area contributed by atoms with Gasteiger partial charge in [0.2, 0.25) is 11.7 Å². The summed E-state index contributed by atoms with van der Waals surface area (Å²) in [5.74, 6) is -3.87. The Hall–Kier alpha value is -3.50. The lowest BCUT2D eigenvalue weighted by atomic mass is 9.90. The second-order valence-corrected chi connectivity index (χ2v) is 7.31. The third-order valence-corrected chi connectivity index (χ3v) is 5.04. The Bertz CT molecular complexity index is 1140. The summed E-state index contributed by atoms with van der Waals surface area (Å²) in [6, 6.07) is 2.40. The first kappa shape index (κ1) is 24.8. The van der Waals surface area contributed by atoms with Crippen LogP contribution >= 0.6 is 0 Å². The van der Waals surface area contributed by atoms with Crippen LogP contribution in [0.5, 0.6) is 5.88 Å². The van der Waals surface area contributed by atoms with E-state index in [9.17, 15) is 32.9 Å². The maximum Gasteiger partial charge on any atom is 0.491 e. The van der Waals surface area contributed by atoms with Gasteiger partial charge in [-0.15, -0.1) is 0 Å². The molecule has 0 N–H and O–H groups in total. The molecule has 1 aromatic heterocycles. The normalized spacial score (nSPS) is 11.3. The van der Waals surface area contributed by atoms with Gasteiger partial charge in [-0.3, -0.25) is 14.9 Å². The van der Waals surface area contributed by atoms with Gasteiger partial charge in [0, 0.05) is 18.2 Å². The van der Waals surface area contributed by atoms with Gasteiger partial charge in [0.1, 0.15) is 5.56 Å². The maximum atomic E-state index is 13.4. The van der Waals surface area contributed by atoms with Crippen LogP contribution in [0.1, 0.15) is 60.4 Å². The molecule has 0 fully saturated rings. The number of carbonyl (C=O) groups excluding carboxylic acids is 2. The number of carbonyl (C=O) groups is 2. The first-order valence-corrected chi connectivity index (χ1v) is 9.55. The van der Waals surface area contributed by atoms with Crippen LogP contribution in [-0.2, 0) is 11.3 Å². The molecule has 0 aliphatic heterocycles. The lowest BCUT2D eigenvalue weighted by molar-refractivity contribution is -0.385. The van der Waals surface area contributed by atoms with E-state index in [-0.39, 0.29) is 40.2 Å². The number of aromatic nitrogens is 2. The third-order valence-electron chi connectivity index (χ3n) is 5.04. The Kier molecular flexibility index (Phi) is 6.91. The van der Waals surface area contributed by atoms with Crippen molar-refractivity contribution in [3.63, 3.8) is 0 Å². The van der Waals surface area contributed by atoms with Crippen LogP contribution in [0.2, 0.25) is 0 Å². The van der Waals surface area contributed by atoms with E-state index in [0.29, 0.717) is 5.57 Å². The van der Waals surface area contributed by atoms with Crippen molar-refractivity contribution in [1.82, 2.24) is 9.78 Å². The van der Waals surface area contributed by atoms with Gasteiger partial charge in [0.25, 0.3) is 5.69 Å². The fraction of sp³-hybridized carbons (Fsp3) is 0.381. The molecule has 0 aliphatic rings. The number of nitro groups is 1. The van der Waals surface area contributed by atoms with Crippen LogP contribution in [0.25, 0.3) is 5.57 Å². The van der Waals surface area contributed by atoms with Gasteiger partial charge in [-0.2, -0.15) is 18.3 Å². The second-order valence-electron chi connectivity index (χ2n) is 7.31. The van der Waals surface area contributed by atoms with Crippen molar-refractivity contribution in [2.24, 2.45) is 0 Å². The van der Waals surface area contributed by atoms with Crippen LogP contribution < -0.4 is 4.74 Å². The largest absolute Gasteiger partial charge is 0.491 e. The molecule has 0 unspecified atom stereocenters. The fourth-order valence-electron chi connectivity index (χ4n) is 3.24. The van der Waals surface area contributed by atoms with Crippen LogP contribution in [-0.4, -0.2) is 32.6 Å². The molecule has 0 amide bonds. The molecular weight excluding hydrogens is 431 g/mol. The van der Waals surface area contributed by atoms with Crippen LogP contribution in [0.4, 0.5) is 18.9 Å². The summed E-state index contributed by atoms with van der Waals surface area (Å²) < 4.78 is 43.8. The zero-order valence-electron chi connectivity index (χ0n) is 18.4. The quantitative estimate of drug-likeness (QED) is 0.266. The predicted octanol–water partition coefficient (Wildman–Crippen LogP) is 4.94. The molecule has 1 aromatic carbocycles. The van der Waals surface area contributed by atoms with Gasteiger partial charge in [0.15, 0.2) is 0 Å². The summed E-state index contributed by atoms with van der Waals surface area (Å²) in [5, 5.41) is 15.5. The van der Waals surface area contributed by atoms with Gasteiger partial charge in [-0.05, 0) is 58.7 Å². The number of halogens is 3. The molecule has 32 heavy (non-hydrogen) atoms. The SMILES string of the molecule is CCn1nc(C)c(C(=O)c2ccc([N+](=O)[O-])c(C(C)=C(C)C)c2C)c1OC(=O)C(F)(F)F. The Morgan fingerprint density at radius 2 is 1.75 bits per heavy atom. The number of hydrogen-bond donors (Lipinski definition) is 0. The average Bonchev–Trinajstić information content (AvgIpc) is 3.00. The highest BCUT2D eigenvalue weighted by Crippen LogP contribution is 2.35. The standard InChI is InChI=1S/C21H22F3N3O5/c1-7-26-19(32-20(29)21(22,23)24)17(13(6)25-26)18(28)14-8-9-15(27(30)31)16(12(14)5)11(4)10(2)3/h8-9H,7H2,1-6H3. The lowest BCUT2D eigenvalue weighted by Crippen LogP contribution is -2.29. The number of hydrogen-bond acceptors (Lipinski definition) is 6. The smallest absolute Gasteiger partial charge is 0.400 e. The number of allylic oxidation sites excluding steroid dienone is 2. The molecule has 0 radical (unpaired) electrons. The minimum Gasteiger partial charge on any atom is -0.400 e. The minimum atomic E-state index is -5.27. The summed E-state index contributed by atoms with van der Waals surface area (Å²) in [6.45, 7) is 9.70. The fourth-order valence-corrected chi connectivity index (χ4v) is 3.24. The van der Waals surface area contributed by atoms with E-state index in [4.69, 9.17) is 0 Å². The van der Waals surface area contributed by atoms with E-state index < -0.39 is 28.7 Å². The molecule has 1 heterocycles. The molecule has 0 spiro atoms. The molecule has 0 saturated heterocycles. The van der Waals surface area contributed by atoms with E-state index in [1.54, 1.807) is 27.7 Å². The molecule has 2 aromatic rings. The van der Waals surface area contributed by atoms with Crippen molar-refractivity contribution >= 4 is 23.0 Å². The molecular formula is C21H22F3N3O5. The van der Waals surface area contributed by atoms with Crippen molar-refractivity contribution in [3.05, 3.63) is 55.8 Å². The third kappa shape index (κ3) is 4.56. The van der Waals surface area contributed by atoms with E-state index in [0.717, 1.165) is 10.3 Å². The van der Waals surface area contributed by atoms with Crippen molar-refractivity contribution in [1.29, 1.82) is 0 Å². The summed E-state index contributed by atoms with van der Waals surface area (Å²) in [7, 11) is 0. The number of benzene rings is 1. The number of rotatable bonds is 6. The lowest BCUT2D eigenvalue weighted by Gasteiger charge is -2.14. The van der Waals surface area contributed by atoms with E-state index in [1.165, 1.54) is 26.0 Å². The zero-order chi connectivity index (χ0) is 24.5. The number of nitrogens with zero attached hydrogens (tertiary/aromatic N) is 3. The number of aryl methyl sites for hydroxylation is 2. The molecule has 0 bridgehead atoms. The highest BCUT2D eigenvalue weighted by atomic mass is 19.4. The molecule has 0 saturated carbocycles. The summed E-state index contributed by atoms with van der Waals surface area (Å²) in [6.07, 6.45) is -5.27. The van der Waals surface area contributed by atoms with Gasteiger partial charge in [0.05, 0.1) is 16.2 Å². The number of esters is 1. The summed E-state index contributed by atoms with van der Waals surface area (Å²) in [5.41, 5.74) is 1.46. The van der Waals surface area contributed by atoms with E-state index >= 15 is 0 Å². The Labute approximate surface area is 181 Å². The first-order chi connectivity index (χ1) is 14.7. The van der Waals surface area contributed by atoms with E-state index in [2.05, 4.69) is 9.84 Å². The van der Waals surface area contributed by atoms with Crippen LogP contribution in [0.3, 0.4) is 0 Å². The van der Waals surface area contributed by atoms with Gasteiger partial charge in [-0.1, -0.05) is 5.57 Å². The molecule has 0 aliphatic carbocycles. The average molecular weight is 453 g/mol. The highest BCUT2D eigenvalue weighted by molar-refractivity contribution is 6.13. The monoisotopic (exact) mass is 453 g/mol. The Morgan fingerprint density at radius 3 is 2.22 bits per heavy atom. The van der Waals surface area contributed by atoms with Crippen molar-refractivity contribution in [3.8, 4) is 5.88 Å². The highest BCUT2D eigenvalue weighted by Gasteiger charge is 2.43. The minimum absolute atomic E-state index is 0.0225. The van der Waals surface area contributed by atoms with Crippen molar-refractivity contribution < 1.29 is 32.4 Å². The number of alkyl halides is 3. The van der Waals surface area contributed by atoms with Gasteiger partial charge >= 0.3 is 12.1 Å². The summed E-state index contributed by atoms with van der Waals surface area (Å²) in [4.78, 5) is 35.8. The van der Waals surface area contributed by atoms with Crippen LogP contribution in [0.15, 0.2) is 17.7 Å². The Balaban J connectivity index is 2.75. The molecule has 8 nitrogen and oxygen atoms in total. The molecule has 11 heteroatoms. The maximum absolute atomic E-state index is 13.4. The molecule has 2 rings (SSSR count). The number of ether oxygens (including phenoxy) is 1. The molecule has 0 atom stereocenters. The van der Waals surface area contributed by atoms with Crippen LogP contribution in [0, 0.1) is 24.0 Å². The Morgan fingerprint density at radius 1 is 1.16 bits per heavy atom. The first-order valence-electron chi connectivity index (χ1n) is 9.55. The number of nitro benzene ring substituents is 1. The van der Waals surface area contributed by atoms with Crippen molar-refractivity contribution in [2.75, 3.05) is 0 Å². The van der Waals surface area contributed by atoms with Gasteiger partial charge < -0.3 is 4.74 Å². The van der Waals surface area contributed by atoms with Crippen molar-refractivity contribution in [2.45, 2.75) is 54.3 Å². The zero-order valence-corrected chi connectivity index (χ0v) is 18.4. The number of ketones is 1. The van der Waals surface area contributed by atoms with Gasteiger partial charge in [-0.25, -0.2) is 9.48 Å². The topological polar surface area (TPSA) is 104 Å². The van der Waals surface area contributed by atoms with E-state index in [1.807, 2.05) is 0 Å². The summed E-state index contributed by atoms with van der Waals surface area (Å²) >= 11 is 0. The predicted molar refractivity (Wildman–Crippen MR) is 110 cm³/mol. The molecule has 172 valence electrons. The second kappa shape index (κ2) is 8.93.